The van der Waals surface area contributed by atoms with Crippen LogP contribution >= 0.6 is 11.3 Å². The second kappa shape index (κ2) is 10.5. The van der Waals surface area contributed by atoms with Gasteiger partial charge in [-0.05, 0) is 36.4 Å². The summed E-state index contributed by atoms with van der Waals surface area (Å²) in [6, 6.07) is 11.0. The monoisotopic (exact) mass is 416 g/mol. The van der Waals surface area contributed by atoms with E-state index in [4.69, 9.17) is 9.47 Å². The first-order valence-corrected chi connectivity index (χ1v) is 10.8. The molecule has 0 fully saturated rings. The van der Waals surface area contributed by atoms with E-state index >= 15 is 0 Å². The quantitative estimate of drug-likeness (QED) is 0.604. The standard InChI is InChI=1S/C22H28N2O4S/c1-3-28-13-7-11-23-21(25)19-16-8-4-5-9-17(16)22(26)24(12-14-27-2)20(19)18-10-6-15-29-18/h4-6,8-10,15,19-20H,3,7,11-14H2,1-2H3,(H,23,25)/t19-,20+/m0/s1. The Morgan fingerprint density at radius 3 is 2.76 bits per heavy atom. The summed E-state index contributed by atoms with van der Waals surface area (Å²) in [7, 11) is 1.62. The van der Waals surface area contributed by atoms with Gasteiger partial charge in [0, 0.05) is 43.9 Å². The van der Waals surface area contributed by atoms with Gasteiger partial charge in [-0.15, -0.1) is 11.3 Å². The summed E-state index contributed by atoms with van der Waals surface area (Å²) in [4.78, 5) is 29.3. The normalized spacial score (nSPS) is 18.6. The van der Waals surface area contributed by atoms with Crippen LogP contribution in [0.2, 0.25) is 0 Å². The molecule has 0 radical (unpaired) electrons. The van der Waals surface area contributed by atoms with Crippen LogP contribution < -0.4 is 5.32 Å². The molecule has 1 aliphatic rings. The summed E-state index contributed by atoms with van der Waals surface area (Å²) in [5, 5.41) is 5.03. The van der Waals surface area contributed by atoms with Crippen LogP contribution in [0.3, 0.4) is 0 Å². The Labute approximate surface area is 175 Å². The molecule has 0 saturated heterocycles. The zero-order valence-corrected chi connectivity index (χ0v) is 17.7. The van der Waals surface area contributed by atoms with Crippen LogP contribution in [0.4, 0.5) is 0 Å². The van der Waals surface area contributed by atoms with Crippen molar-refractivity contribution < 1.29 is 19.1 Å². The molecule has 0 spiro atoms. The minimum atomic E-state index is -0.466. The molecule has 0 unspecified atom stereocenters. The van der Waals surface area contributed by atoms with Crippen molar-refractivity contribution in [2.24, 2.45) is 0 Å². The number of nitrogens with zero attached hydrogens (tertiary/aromatic N) is 1. The van der Waals surface area contributed by atoms with Crippen molar-refractivity contribution in [2.75, 3.05) is 40.0 Å². The number of fused-ring (bicyclic) bond motifs is 1. The second-order valence-electron chi connectivity index (χ2n) is 6.86. The predicted molar refractivity (Wildman–Crippen MR) is 113 cm³/mol. The van der Waals surface area contributed by atoms with E-state index in [9.17, 15) is 9.59 Å². The minimum absolute atomic E-state index is 0.0588. The molecule has 2 atom stereocenters. The second-order valence-corrected chi connectivity index (χ2v) is 7.84. The van der Waals surface area contributed by atoms with Gasteiger partial charge in [0.2, 0.25) is 5.91 Å². The number of hydrogen-bond donors (Lipinski definition) is 1. The topological polar surface area (TPSA) is 67.9 Å². The number of benzene rings is 1. The van der Waals surface area contributed by atoms with E-state index in [1.165, 1.54) is 0 Å². The van der Waals surface area contributed by atoms with E-state index in [2.05, 4.69) is 5.32 Å². The SMILES string of the molecule is CCOCCCNC(=O)[C@H]1c2ccccc2C(=O)N(CCOC)[C@@H]1c1cccs1. The number of carbonyl (C=O) groups is 2. The maximum Gasteiger partial charge on any atom is 0.254 e. The summed E-state index contributed by atoms with van der Waals surface area (Å²) in [5.74, 6) is -0.592. The highest BCUT2D eigenvalue weighted by atomic mass is 32.1. The Morgan fingerprint density at radius 1 is 1.21 bits per heavy atom. The summed E-state index contributed by atoms with van der Waals surface area (Å²) in [6.45, 7) is 4.63. The summed E-state index contributed by atoms with van der Waals surface area (Å²) in [6.07, 6.45) is 0.754. The average Bonchev–Trinajstić information content (AvgIpc) is 3.27. The zero-order chi connectivity index (χ0) is 20.6. The molecule has 7 heteroatoms. The number of ether oxygens (including phenoxy) is 2. The largest absolute Gasteiger partial charge is 0.383 e. The molecular weight excluding hydrogens is 388 g/mol. The maximum absolute atomic E-state index is 13.3. The van der Waals surface area contributed by atoms with Gasteiger partial charge in [-0.3, -0.25) is 9.59 Å². The van der Waals surface area contributed by atoms with Crippen molar-refractivity contribution in [1.82, 2.24) is 10.2 Å². The predicted octanol–water partition coefficient (Wildman–Crippen LogP) is 3.22. The number of amides is 2. The number of methoxy groups -OCH3 is 1. The third kappa shape index (κ3) is 4.86. The van der Waals surface area contributed by atoms with E-state index in [0.717, 1.165) is 16.9 Å². The highest BCUT2D eigenvalue weighted by Crippen LogP contribution is 2.44. The Morgan fingerprint density at radius 2 is 2.03 bits per heavy atom. The third-order valence-corrected chi connectivity index (χ3v) is 6.00. The molecule has 2 aromatic rings. The van der Waals surface area contributed by atoms with Crippen LogP contribution in [-0.4, -0.2) is 56.7 Å². The van der Waals surface area contributed by atoms with Crippen LogP contribution in [-0.2, 0) is 14.3 Å². The Balaban J connectivity index is 1.93. The Kier molecular flexibility index (Phi) is 7.80. The van der Waals surface area contributed by atoms with Gasteiger partial charge in [-0.2, -0.15) is 0 Å². The van der Waals surface area contributed by atoms with Crippen LogP contribution in [0.5, 0.6) is 0 Å². The van der Waals surface area contributed by atoms with E-state index in [0.29, 0.717) is 38.5 Å². The van der Waals surface area contributed by atoms with E-state index in [1.807, 2.05) is 42.6 Å². The van der Waals surface area contributed by atoms with Gasteiger partial charge in [0.25, 0.3) is 5.91 Å². The molecule has 3 rings (SSSR count). The molecule has 6 nitrogen and oxygen atoms in total. The van der Waals surface area contributed by atoms with E-state index < -0.39 is 5.92 Å². The van der Waals surface area contributed by atoms with E-state index in [1.54, 1.807) is 29.4 Å². The number of thiophene rings is 1. The lowest BCUT2D eigenvalue weighted by molar-refractivity contribution is -0.124. The van der Waals surface area contributed by atoms with Gasteiger partial charge in [-0.25, -0.2) is 0 Å². The first-order chi connectivity index (χ1) is 14.2. The van der Waals surface area contributed by atoms with Crippen LogP contribution in [0, 0.1) is 0 Å². The highest BCUT2D eigenvalue weighted by Gasteiger charge is 2.44. The lowest BCUT2D eigenvalue weighted by Gasteiger charge is -2.41. The smallest absolute Gasteiger partial charge is 0.254 e. The van der Waals surface area contributed by atoms with Gasteiger partial charge >= 0.3 is 0 Å². The van der Waals surface area contributed by atoms with Gasteiger partial charge in [-0.1, -0.05) is 24.3 Å². The third-order valence-electron chi connectivity index (χ3n) is 5.06. The van der Waals surface area contributed by atoms with E-state index in [-0.39, 0.29) is 17.9 Å². The summed E-state index contributed by atoms with van der Waals surface area (Å²) < 4.78 is 10.6. The molecule has 2 amide bonds. The lowest BCUT2D eigenvalue weighted by Crippen LogP contribution is -2.48. The molecular formula is C22H28N2O4S. The Bertz CT molecular complexity index is 809. The zero-order valence-electron chi connectivity index (χ0n) is 16.9. The summed E-state index contributed by atoms with van der Waals surface area (Å²) in [5.41, 5.74) is 1.37. The van der Waals surface area contributed by atoms with Crippen molar-refractivity contribution >= 4 is 23.2 Å². The molecule has 0 bridgehead atoms. The van der Waals surface area contributed by atoms with Crippen molar-refractivity contribution in [2.45, 2.75) is 25.3 Å². The molecule has 1 N–H and O–H groups in total. The molecule has 0 saturated carbocycles. The van der Waals surface area contributed by atoms with Crippen molar-refractivity contribution in [3.8, 4) is 0 Å². The van der Waals surface area contributed by atoms with Crippen molar-refractivity contribution in [1.29, 1.82) is 0 Å². The fraction of sp³-hybridized carbons (Fsp3) is 0.455. The fourth-order valence-electron chi connectivity index (χ4n) is 3.73. The molecule has 1 aromatic heterocycles. The van der Waals surface area contributed by atoms with Crippen molar-refractivity contribution in [3.63, 3.8) is 0 Å². The van der Waals surface area contributed by atoms with Gasteiger partial charge in [0.05, 0.1) is 18.6 Å². The number of rotatable bonds is 10. The van der Waals surface area contributed by atoms with Gasteiger partial charge in [0.1, 0.15) is 0 Å². The molecule has 2 heterocycles. The van der Waals surface area contributed by atoms with Crippen molar-refractivity contribution in [3.05, 3.63) is 57.8 Å². The first-order valence-electron chi connectivity index (χ1n) is 9.96. The van der Waals surface area contributed by atoms with Crippen LogP contribution in [0.1, 0.15) is 46.1 Å². The fourth-order valence-corrected chi connectivity index (χ4v) is 4.60. The highest BCUT2D eigenvalue weighted by molar-refractivity contribution is 7.10. The maximum atomic E-state index is 13.3. The Hall–Kier alpha value is -2.22. The number of carbonyl (C=O) groups excluding carboxylic acids is 2. The molecule has 1 aromatic carbocycles. The minimum Gasteiger partial charge on any atom is -0.383 e. The average molecular weight is 417 g/mol. The van der Waals surface area contributed by atoms with Gasteiger partial charge in [0.15, 0.2) is 0 Å². The van der Waals surface area contributed by atoms with Gasteiger partial charge < -0.3 is 19.7 Å². The molecule has 156 valence electrons. The summed E-state index contributed by atoms with van der Waals surface area (Å²) >= 11 is 1.56. The number of nitrogens with one attached hydrogen (secondary N) is 1. The molecule has 0 aliphatic carbocycles. The van der Waals surface area contributed by atoms with Crippen LogP contribution in [0.15, 0.2) is 41.8 Å². The first kappa shape index (κ1) is 21.5. The van der Waals surface area contributed by atoms with Crippen LogP contribution in [0.25, 0.3) is 0 Å². The molecule has 1 aliphatic heterocycles. The number of hydrogen-bond acceptors (Lipinski definition) is 5. The lowest BCUT2D eigenvalue weighted by atomic mass is 9.81. The molecule has 29 heavy (non-hydrogen) atoms.